The second kappa shape index (κ2) is 6.77. The number of hydrogen-bond donors (Lipinski definition) is 4. The number of ether oxygens (including phenoxy) is 1. The first kappa shape index (κ1) is 18.2. The van der Waals surface area contributed by atoms with Gasteiger partial charge in [-0.15, -0.1) is 0 Å². The summed E-state index contributed by atoms with van der Waals surface area (Å²) >= 11 is 0. The van der Waals surface area contributed by atoms with Crippen molar-refractivity contribution in [3.05, 3.63) is 35.4 Å². The molecule has 3 heterocycles. The van der Waals surface area contributed by atoms with Gasteiger partial charge in [0.25, 0.3) is 0 Å². The molecule has 0 radical (unpaired) electrons. The van der Waals surface area contributed by atoms with E-state index in [0.717, 1.165) is 11.1 Å². The van der Waals surface area contributed by atoms with Gasteiger partial charge in [-0.1, -0.05) is 29.8 Å². The lowest BCUT2D eigenvalue weighted by Crippen LogP contribution is -2.56. The fourth-order valence-electron chi connectivity index (χ4n) is 3.74. The lowest BCUT2D eigenvalue weighted by Gasteiger charge is -2.32. The van der Waals surface area contributed by atoms with Crippen molar-refractivity contribution in [3.8, 4) is 0 Å². The number of nitrogens with zero attached hydrogens (tertiary/aromatic N) is 4. The van der Waals surface area contributed by atoms with Crippen molar-refractivity contribution in [2.45, 2.75) is 43.5 Å². The minimum Gasteiger partial charge on any atom is -0.394 e. The van der Waals surface area contributed by atoms with Crippen LogP contribution < -0.4 is 5.73 Å². The molecule has 5 N–H and O–H groups in total. The van der Waals surface area contributed by atoms with Gasteiger partial charge in [-0.2, -0.15) is 0 Å². The third-order valence-electron chi connectivity index (χ3n) is 5.12. The van der Waals surface area contributed by atoms with E-state index in [1.54, 1.807) is 4.90 Å². The SMILES string of the molecule is Cc1cccc(CC2(N)N=CN=C3C2=NCN3[C@@H]2O[C@H](CO)[C@@H](O)[C@H]2O)c1. The van der Waals surface area contributed by atoms with E-state index >= 15 is 0 Å². The van der Waals surface area contributed by atoms with Crippen molar-refractivity contribution < 1.29 is 20.1 Å². The molecule has 0 amide bonds. The number of benzene rings is 1. The topological polar surface area (TPSA) is 136 Å². The van der Waals surface area contributed by atoms with Crippen molar-refractivity contribution in [2.75, 3.05) is 13.3 Å². The normalized spacial score (nSPS) is 35.2. The summed E-state index contributed by atoms with van der Waals surface area (Å²) in [7, 11) is 0. The van der Waals surface area contributed by atoms with E-state index in [-0.39, 0.29) is 6.67 Å². The number of aliphatic hydroxyl groups is 3. The first-order valence-electron chi connectivity index (χ1n) is 8.83. The lowest BCUT2D eigenvalue weighted by molar-refractivity contribution is -0.0688. The van der Waals surface area contributed by atoms with Gasteiger partial charge in [0.05, 0.1) is 6.61 Å². The Morgan fingerprint density at radius 3 is 2.85 bits per heavy atom. The fraction of sp³-hybridized carbons (Fsp3) is 0.500. The Balaban J connectivity index is 1.57. The van der Waals surface area contributed by atoms with Gasteiger partial charge in [0.1, 0.15) is 37.0 Å². The van der Waals surface area contributed by atoms with Gasteiger partial charge in [0.2, 0.25) is 0 Å². The van der Waals surface area contributed by atoms with E-state index in [9.17, 15) is 15.3 Å². The highest BCUT2D eigenvalue weighted by atomic mass is 16.6. The Hall–Kier alpha value is -2.17. The zero-order valence-corrected chi connectivity index (χ0v) is 14.9. The van der Waals surface area contributed by atoms with Gasteiger partial charge < -0.3 is 30.7 Å². The van der Waals surface area contributed by atoms with E-state index in [4.69, 9.17) is 10.5 Å². The second-order valence-corrected chi connectivity index (χ2v) is 7.13. The van der Waals surface area contributed by atoms with Crippen LogP contribution in [0.3, 0.4) is 0 Å². The molecule has 1 fully saturated rings. The van der Waals surface area contributed by atoms with Crippen molar-refractivity contribution in [1.82, 2.24) is 4.90 Å². The number of aliphatic imine (C=N–C) groups is 3. The molecule has 0 bridgehead atoms. The van der Waals surface area contributed by atoms with Crippen LogP contribution in [0.15, 0.2) is 39.2 Å². The molecule has 4 rings (SSSR count). The predicted octanol–water partition coefficient (Wildman–Crippen LogP) is -1.21. The number of aliphatic hydroxyl groups excluding tert-OH is 3. The molecule has 5 atom stereocenters. The molecule has 27 heavy (non-hydrogen) atoms. The predicted molar refractivity (Wildman–Crippen MR) is 99.6 cm³/mol. The Bertz CT molecular complexity index is 826. The monoisotopic (exact) mass is 373 g/mol. The zero-order chi connectivity index (χ0) is 19.2. The third kappa shape index (κ3) is 3.07. The largest absolute Gasteiger partial charge is 0.394 e. The lowest BCUT2D eigenvalue weighted by atomic mass is 9.93. The van der Waals surface area contributed by atoms with Crippen LogP contribution in [0.5, 0.6) is 0 Å². The third-order valence-corrected chi connectivity index (χ3v) is 5.12. The van der Waals surface area contributed by atoms with Crippen molar-refractivity contribution in [2.24, 2.45) is 20.7 Å². The van der Waals surface area contributed by atoms with Crippen molar-refractivity contribution >= 4 is 17.9 Å². The molecule has 3 aliphatic heterocycles. The molecule has 1 aromatic carbocycles. The average molecular weight is 373 g/mol. The number of nitrogens with two attached hydrogens (primary N) is 1. The van der Waals surface area contributed by atoms with Crippen molar-refractivity contribution in [1.29, 1.82) is 0 Å². The molecule has 144 valence electrons. The molecule has 9 heteroatoms. The zero-order valence-electron chi connectivity index (χ0n) is 14.9. The van der Waals surface area contributed by atoms with Crippen LogP contribution in [0, 0.1) is 6.92 Å². The Labute approximate surface area is 156 Å². The summed E-state index contributed by atoms with van der Waals surface area (Å²) in [6.45, 7) is 1.80. The van der Waals surface area contributed by atoms with Gasteiger partial charge in [-0.25, -0.2) is 9.98 Å². The summed E-state index contributed by atoms with van der Waals surface area (Å²) in [5.74, 6) is 0.468. The minimum atomic E-state index is -1.19. The van der Waals surface area contributed by atoms with Gasteiger partial charge >= 0.3 is 0 Å². The summed E-state index contributed by atoms with van der Waals surface area (Å²) in [5, 5.41) is 29.6. The quantitative estimate of drug-likeness (QED) is 0.523. The smallest absolute Gasteiger partial charge is 0.162 e. The molecular weight excluding hydrogens is 350 g/mol. The second-order valence-electron chi connectivity index (χ2n) is 7.13. The van der Waals surface area contributed by atoms with Gasteiger partial charge in [-0.05, 0) is 12.5 Å². The van der Waals surface area contributed by atoms with E-state index in [1.165, 1.54) is 6.34 Å². The summed E-state index contributed by atoms with van der Waals surface area (Å²) < 4.78 is 5.61. The van der Waals surface area contributed by atoms with E-state index in [1.807, 2.05) is 25.1 Å². The number of amidine groups is 1. The van der Waals surface area contributed by atoms with Crippen LogP contribution >= 0.6 is 0 Å². The molecule has 3 aliphatic rings. The maximum Gasteiger partial charge on any atom is 0.162 e. The van der Waals surface area contributed by atoms with E-state index in [2.05, 4.69) is 21.0 Å². The minimum absolute atomic E-state index is 0.177. The number of hydrogen-bond acceptors (Lipinski definition) is 9. The number of rotatable bonds is 4. The first-order chi connectivity index (χ1) is 12.9. The van der Waals surface area contributed by atoms with E-state index in [0.29, 0.717) is 18.0 Å². The highest BCUT2D eigenvalue weighted by Crippen LogP contribution is 2.30. The van der Waals surface area contributed by atoms with Crippen LogP contribution in [0.1, 0.15) is 11.1 Å². The van der Waals surface area contributed by atoms with Crippen LogP contribution in [-0.2, 0) is 11.2 Å². The fourth-order valence-corrected chi connectivity index (χ4v) is 3.74. The van der Waals surface area contributed by atoms with Gasteiger partial charge in [0.15, 0.2) is 17.7 Å². The molecule has 0 spiro atoms. The molecule has 1 unspecified atom stereocenters. The standard InChI is InChI=1S/C18H23N5O4/c1-10-3-2-4-11(5-10)6-18(19)15-16(20-8-22-18)23(9-21-15)17-14(26)13(25)12(7-24)27-17/h2-5,8,12-14,17,24-26H,6-7,9,19H2,1H3/t12-,13-,14-,17-,18?/m1/s1. The van der Waals surface area contributed by atoms with Crippen molar-refractivity contribution in [3.63, 3.8) is 0 Å². The Kier molecular flexibility index (Phi) is 4.57. The number of aryl methyl sites for hydroxylation is 1. The van der Waals surface area contributed by atoms with Crippen LogP contribution in [-0.4, -0.2) is 81.6 Å². The van der Waals surface area contributed by atoms with E-state index < -0.39 is 36.8 Å². The summed E-state index contributed by atoms with van der Waals surface area (Å²) in [6.07, 6.45) is -2.26. The molecule has 1 saturated heterocycles. The summed E-state index contributed by atoms with van der Waals surface area (Å²) in [5.41, 5.74) is 8.18. The summed E-state index contributed by atoms with van der Waals surface area (Å²) in [6, 6.07) is 8.02. The van der Waals surface area contributed by atoms with Gasteiger partial charge in [-0.3, -0.25) is 4.99 Å². The van der Waals surface area contributed by atoms with Gasteiger partial charge in [0, 0.05) is 6.42 Å². The molecule has 9 nitrogen and oxygen atoms in total. The molecular formula is C18H23N5O4. The van der Waals surface area contributed by atoms with Crippen LogP contribution in [0.2, 0.25) is 0 Å². The molecule has 1 aromatic rings. The summed E-state index contributed by atoms with van der Waals surface area (Å²) in [4.78, 5) is 14.8. The average Bonchev–Trinajstić information content (AvgIpc) is 3.18. The molecule has 0 aliphatic carbocycles. The Morgan fingerprint density at radius 2 is 2.15 bits per heavy atom. The highest BCUT2D eigenvalue weighted by Gasteiger charge is 2.50. The van der Waals surface area contributed by atoms with Crippen LogP contribution in [0.4, 0.5) is 0 Å². The van der Waals surface area contributed by atoms with Crippen LogP contribution in [0.25, 0.3) is 0 Å². The molecule has 0 saturated carbocycles. The maximum atomic E-state index is 10.3. The Morgan fingerprint density at radius 1 is 1.33 bits per heavy atom. The maximum absolute atomic E-state index is 10.3. The first-order valence-corrected chi connectivity index (χ1v) is 8.83. The highest BCUT2D eigenvalue weighted by molar-refractivity contribution is 6.47. The molecule has 0 aromatic heterocycles. The number of fused-ring (bicyclic) bond motifs is 1.